The summed E-state index contributed by atoms with van der Waals surface area (Å²) in [5.74, 6) is 0. The van der Waals surface area contributed by atoms with E-state index >= 15 is 0 Å². The highest BCUT2D eigenvalue weighted by molar-refractivity contribution is 6.50. The maximum Gasteiger partial charge on any atom is 0.673 e. The van der Waals surface area contributed by atoms with Gasteiger partial charge in [-0.3, -0.25) is 0 Å². The van der Waals surface area contributed by atoms with Crippen LogP contribution in [-0.4, -0.2) is 14.5 Å². The second kappa shape index (κ2) is 8.18. The summed E-state index contributed by atoms with van der Waals surface area (Å²) in [6, 6.07) is 1.94. The first kappa shape index (κ1) is 20.3. The molecule has 0 radical (unpaired) electrons. The molecular weight excluding hydrogens is 309 g/mol. The summed E-state index contributed by atoms with van der Waals surface area (Å²) in [5.41, 5.74) is 0. The van der Waals surface area contributed by atoms with Crippen LogP contribution in [0.4, 0.5) is 34.5 Å². The average Bonchev–Trinajstić information content (AvgIpc) is 2.08. The van der Waals surface area contributed by atoms with Gasteiger partial charge in [0.2, 0.25) is 0 Å². The molecule has 0 bridgehead atoms. The van der Waals surface area contributed by atoms with E-state index < -0.39 is 14.5 Å². The Morgan fingerprint density at radius 2 is 1.00 bits per heavy atom. The SMILES string of the molecule is C[n+]1ccc[n+](C)c1Cl.F[B-](F)(F)F.F[B-](F)(F)F. The third-order valence-electron chi connectivity index (χ3n) is 1.20. The largest absolute Gasteiger partial charge is 0.673 e. The highest BCUT2D eigenvalue weighted by Crippen LogP contribution is 2.07. The van der Waals surface area contributed by atoms with Crippen LogP contribution in [0.3, 0.4) is 0 Å². The Bertz CT molecular complexity index is 338. The molecule has 0 saturated heterocycles. The first-order chi connectivity index (χ1) is 8.22. The number of hydrogen-bond donors (Lipinski definition) is 0. The molecule has 112 valence electrons. The lowest BCUT2D eigenvalue weighted by Gasteiger charge is -1.94. The average molecular weight is 318 g/mol. The van der Waals surface area contributed by atoms with Gasteiger partial charge in [-0.15, -0.1) is 9.13 Å². The molecule has 0 spiro atoms. The van der Waals surface area contributed by atoms with Gasteiger partial charge in [-0.2, -0.15) is 0 Å². The minimum Gasteiger partial charge on any atom is -0.418 e. The molecule has 1 aromatic heterocycles. The number of rotatable bonds is 0. The van der Waals surface area contributed by atoms with E-state index in [0.717, 1.165) is 5.28 Å². The summed E-state index contributed by atoms with van der Waals surface area (Å²) in [5, 5.41) is 0.720. The van der Waals surface area contributed by atoms with Gasteiger partial charge < -0.3 is 34.5 Å². The van der Waals surface area contributed by atoms with Crippen LogP contribution in [0.15, 0.2) is 18.5 Å². The predicted octanol–water partition coefficient (Wildman–Crippen LogP) is 2.59. The summed E-state index contributed by atoms with van der Waals surface area (Å²) in [4.78, 5) is 0. The molecule has 1 rings (SSSR count). The molecule has 0 atom stereocenters. The van der Waals surface area contributed by atoms with Crippen molar-refractivity contribution in [2.24, 2.45) is 14.1 Å². The topological polar surface area (TPSA) is 7.76 Å². The van der Waals surface area contributed by atoms with Crippen molar-refractivity contribution in [3.8, 4) is 0 Å². The Hall–Kier alpha value is -1.06. The summed E-state index contributed by atoms with van der Waals surface area (Å²) < 4.78 is 81.7. The Kier molecular flexibility index (Phi) is 8.72. The van der Waals surface area contributed by atoms with Crippen molar-refractivity contribution in [3.05, 3.63) is 23.7 Å². The van der Waals surface area contributed by atoms with E-state index in [9.17, 15) is 34.5 Å². The number of aromatic nitrogens is 2. The smallest absolute Gasteiger partial charge is 0.418 e. The lowest BCUT2D eigenvalue weighted by Crippen LogP contribution is -2.44. The maximum absolute atomic E-state index is 9.75. The number of halogens is 9. The fourth-order valence-electron chi connectivity index (χ4n) is 0.669. The van der Waals surface area contributed by atoms with Gasteiger partial charge in [0.15, 0.2) is 12.4 Å². The van der Waals surface area contributed by atoms with Crippen molar-refractivity contribution in [3.63, 3.8) is 0 Å². The highest BCUT2D eigenvalue weighted by atomic mass is 35.5. The van der Waals surface area contributed by atoms with Crippen LogP contribution in [0.2, 0.25) is 5.28 Å². The van der Waals surface area contributed by atoms with Crippen LogP contribution in [0, 0.1) is 0 Å². The van der Waals surface area contributed by atoms with E-state index in [0.29, 0.717) is 0 Å². The molecule has 0 saturated carbocycles. The molecule has 0 aliphatic heterocycles. The molecule has 0 aliphatic rings. The highest BCUT2D eigenvalue weighted by Gasteiger charge is 2.21. The van der Waals surface area contributed by atoms with Crippen molar-refractivity contribution < 1.29 is 43.7 Å². The molecule has 2 nitrogen and oxygen atoms in total. The van der Waals surface area contributed by atoms with E-state index in [4.69, 9.17) is 11.6 Å². The third kappa shape index (κ3) is 22.6. The van der Waals surface area contributed by atoms with Crippen molar-refractivity contribution in [2.45, 2.75) is 0 Å². The molecule has 0 aliphatic carbocycles. The van der Waals surface area contributed by atoms with Gasteiger partial charge >= 0.3 is 19.8 Å². The van der Waals surface area contributed by atoms with E-state index in [-0.39, 0.29) is 0 Å². The summed E-state index contributed by atoms with van der Waals surface area (Å²) in [7, 11) is -8.19. The minimum absolute atomic E-state index is 0.720. The molecule has 0 aromatic carbocycles. The Morgan fingerprint density at radius 1 is 0.789 bits per heavy atom. The minimum atomic E-state index is -6.00. The molecule has 13 heteroatoms. The van der Waals surface area contributed by atoms with E-state index in [2.05, 4.69) is 0 Å². The van der Waals surface area contributed by atoms with Gasteiger partial charge in [0.05, 0.1) is 17.7 Å². The zero-order valence-corrected chi connectivity index (χ0v) is 10.4. The number of nitrogens with zero attached hydrogens (tertiary/aromatic N) is 2. The number of hydrogen-bond acceptors (Lipinski definition) is 0. The second-order valence-corrected chi connectivity index (χ2v) is 3.31. The van der Waals surface area contributed by atoms with Crippen LogP contribution >= 0.6 is 11.6 Å². The molecule has 19 heavy (non-hydrogen) atoms. The summed E-state index contributed by atoms with van der Waals surface area (Å²) in [6.07, 6.45) is 3.81. The van der Waals surface area contributed by atoms with Crippen molar-refractivity contribution in [1.82, 2.24) is 0 Å². The van der Waals surface area contributed by atoms with Crippen molar-refractivity contribution >= 4 is 26.1 Å². The standard InChI is InChI=1S/C6H9ClN2.2BF4/c1-8-4-3-5-9(2)6(8)7;2*2-1(3,4)5/h3-5H,1-2H3;;/q+2;2*-1. The normalized spacial score (nSPS) is 10.9. The number of aryl methyl sites for hydroxylation is 2. The Morgan fingerprint density at radius 3 is 1.16 bits per heavy atom. The molecule has 0 amide bonds. The van der Waals surface area contributed by atoms with Crippen LogP contribution in [0.25, 0.3) is 0 Å². The van der Waals surface area contributed by atoms with Gasteiger partial charge in [0.1, 0.15) is 14.1 Å². The lowest BCUT2D eigenvalue weighted by atomic mass is 10.3. The molecule has 0 unspecified atom stereocenters. The molecule has 0 N–H and O–H groups in total. The monoisotopic (exact) mass is 318 g/mol. The van der Waals surface area contributed by atoms with Gasteiger partial charge in [-0.1, -0.05) is 0 Å². The van der Waals surface area contributed by atoms with Crippen LogP contribution in [0.5, 0.6) is 0 Å². The van der Waals surface area contributed by atoms with E-state index in [1.54, 1.807) is 0 Å². The summed E-state index contributed by atoms with van der Waals surface area (Å²) >= 11 is 5.80. The summed E-state index contributed by atoms with van der Waals surface area (Å²) in [6.45, 7) is 0. The lowest BCUT2D eigenvalue weighted by molar-refractivity contribution is -0.801. The fourth-order valence-corrected chi connectivity index (χ4v) is 0.781. The first-order valence-corrected chi connectivity index (χ1v) is 4.84. The molecule has 0 fully saturated rings. The third-order valence-corrected chi connectivity index (χ3v) is 1.73. The zero-order valence-electron chi connectivity index (χ0n) is 9.68. The van der Waals surface area contributed by atoms with Gasteiger partial charge in [0, 0.05) is 0 Å². The maximum atomic E-state index is 9.75. The first-order valence-electron chi connectivity index (χ1n) is 4.46. The fraction of sp³-hybridized carbons (Fsp3) is 0.333. The zero-order chi connectivity index (χ0) is 15.9. The Labute approximate surface area is 108 Å². The molecular formula is C6H9B2ClF8N2. The van der Waals surface area contributed by atoms with Crippen LogP contribution < -0.4 is 9.13 Å². The van der Waals surface area contributed by atoms with Gasteiger partial charge in [0.25, 0.3) is 0 Å². The predicted molar refractivity (Wildman–Crippen MR) is 54.2 cm³/mol. The Balaban J connectivity index is 0. The van der Waals surface area contributed by atoms with E-state index in [1.165, 1.54) is 0 Å². The van der Waals surface area contributed by atoms with E-state index in [1.807, 2.05) is 41.7 Å². The molecule has 1 aromatic rings. The van der Waals surface area contributed by atoms with Gasteiger partial charge in [-0.05, 0) is 0 Å². The van der Waals surface area contributed by atoms with Crippen LogP contribution in [-0.2, 0) is 14.1 Å². The molecule has 1 heterocycles. The van der Waals surface area contributed by atoms with Crippen LogP contribution in [0.1, 0.15) is 0 Å². The van der Waals surface area contributed by atoms with Crippen molar-refractivity contribution in [2.75, 3.05) is 0 Å². The quantitative estimate of drug-likeness (QED) is 0.301. The second-order valence-electron chi connectivity index (χ2n) is 2.97. The van der Waals surface area contributed by atoms with Gasteiger partial charge in [-0.25, -0.2) is 0 Å². The van der Waals surface area contributed by atoms with Crippen molar-refractivity contribution in [1.29, 1.82) is 0 Å².